The van der Waals surface area contributed by atoms with E-state index in [4.69, 9.17) is 0 Å². The van der Waals surface area contributed by atoms with E-state index in [9.17, 15) is 9.59 Å². The van der Waals surface area contributed by atoms with Crippen LogP contribution in [0.5, 0.6) is 0 Å². The van der Waals surface area contributed by atoms with Crippen molar-refractivity contribution in [2.75, 3.05) is 4.90 Å². The van der Waals surface area contributed by atoms with Crippen LogP contribution < -0.4 is 10.2 Å². The summed E-state index contributed by atoms with van der Waals surface area (Å²) in [6, 6.07) is 7.18. The molecule has 2 fully saturated rings. The van der Waals surface area contributed by atoms with Crippen molar-refractivity contribution in [1.82, 2.24) is 5.32 Å². The van der Waals surface area contributed by atoms with Crippen molar-refractivity contribution in [1.29, 1.82) is 0 Å². The summed E-state index contributed by atoms with van der Waals surface area (Å²) < 4.78 is 0. The van der Waals surface area contributed by atoms with Gasteiger partial charge in [-0.25, -0.2) is 9.69 Å². The molecule has 0 atom stereocenters. The van der Waals surface area contributed by atoms with Gasteiger partial charge in [0.1, 0.15) is 5.54 Å². The standard InChI is InChI=1S/C14H16N2O2/c1-10-4-6-11(7-5-10)16-12(17)14(15-13(16)18)8-2-3-9-14/h4-7H,2-3,8-9H2,1H3,(H,15,18). The Bertz CT molecular complexity index is 501. The lowest BCUT2D eigenvalue weighted by Gasteiger charge is -2.20. The van der Waals surface area contributed by atoms with E-state index in [1.165, 1.54) is 4.90 Å². The molecule has 0 aromatic heterocycles. The first-order chi connectivity index (χ1) is 8.62. The fourth-order valence-electron chi connectivity index (χ4n) is 2.87. The molecule has 4 nitrogen and oxygen atoms in total. The summed E-state index contributed by atoms with van der Waals surface area (Å²) in [4.78, 5) is 25.8. The van der Waals surface area contributed by atoms with E-state index in [0.29, 0.717) is 5.69 Å². The Morgan fingerprint density at radius 2 is 1.72 bits per heavy atom. The van der Waals surface area contributed by atoms with Gasteiger partial charge in [0.05, 0.1) is 5.69 Å². The summed E-state index contributed by atoms with van der Waals surface area (Å²) >= 11 is 0. The fourth-order valence-corrected chi connectivity index (χ4v) is 2.87. The van der Waals surface area contributed by atoms with Crippen molar-refractivity contribution in [3.8, 4) is 0 Å². The van der Waals surface area contributed by atoms with Gasteiger partial charge in [-0.3, -0.25) is 4.79 Å². The van der Waals surface area contributed by atoms with Gasteiger partial charge in [-0.05, 0) is 31.9 Å². The number of imide groups is 1. The normalized spacial score (nSPS) is 21.7. The third-order valence-corrected chi connectivity index (χ3v) is 3.91. The maximum absolute atomic E-state index is 12.5. The van der Waals surface area contributed by atoms with Crippen molar-refractivity contribution in [3.63, 3.8) is 0 Å². The van der Waals surface area contributed by atoms with Crippen LogP contribution in [0, 0.1) is 6.92 Å². The zero-order valence-electron chi connectivity index (χ0n) is 10.4. The molecule has 0 unspecified atom stereocenters. The Balaban J connectivity index is 1.95. The second kappa shape index (κ2) is 3.83. The number of carbonyl (C=O) groups is 2. The molecule has 1 saturated carbocycles. The molecule has 1 aromatic rings. The van der Waals surface area contributed by atoms with Gasteiger partial charge in [-0.1, -0.05) is 30.5 Å². The first-order valence-electron chi connectivity index (χ1n) is 6.36. The molecule has 2 aliphatic rings. The number of hydrogen-bond acceptors (Lipinski definition) is 2. The first kappa shape index (κ1) is 11.3. The average Bonchev–Trinajstić information content (AvgIpc) is 2.89. The van der Waals surface area contributed by atoms with E-state index >= 15 is 0 Å². The molecule has 1 aliphatic carbocycles. The van der Waals surface area contributed by atoms with E-state index in [1.807, 2.05) is 31.2 Å². The molecule has 1 spiro atoms. The molecular formula is C14H16N2O2. The van der Waals surface area contributed by atoms with Gasteiger partial charge >= 0.3 is 6.03 Å². The Hall–Kier alpha value is -1.84. The Morgan fingerprint density at radius 3 is 2.33 bits per heavy atom. The second-order valence-corrected chi connectivity index (χ2v) is 5.20. The van der Waals surface area contributed by atoms with Gasteiger partial charge in [0.15, 0.2) is 0 Å². The zero-order chi connectivity index (χ0) is 12.8. The number of urea groups is 1. The Labute approximate surface area is 106 Å². The van der Waals surface area contributed by atoms with Crippen molar-refractivity contribution >= 4 is 17.6 Å². The summed E-state index contributed by atoms with van der Waals surface area (Å²) in [5.74, 6) is -0.0890. The number of hydrogen-bond donors (Lipinski definition) is 1. The van der Waals surface area contributed by atoms with Crippen molar-refractivity contribution in [2.24, 2.45) is 0 Å². The highest BCUT2D eigenvalue weighted by molar-refractivity contribution is 6.23. The summed E-state index contributed by atoms with van der Waals surface area (Å²) in [6.07, 6.45) is 3.54. The van der Waals surface area contributed by atoms with Crippen LogP contribution in [0.1, 0.15) is 31.2 Å². The van der Waals surface area contributed by atoms with Crippen LogP contribution in [0.4, 0.5) is 10.5 Å². The van der Waals surface area contributed by atoms with E-state index in [1.54, 1.807) is 0 Å². The maximum Gasteiger partial charge on any atom is 0.329 e. The van der Waals surface area contributed by atoms with Crippen molar-refractivity contribution in [2.45, 2.75) is 38.1 Å². The van der Waals surface area contributed by atoms with Gasteiger partial charge in [-0.2, -0.15) is 0 Å². The minimum absolute atomic E-state index is 0.0890. The molecule has 18 heavy (non-hydrogen) atoms. The minimum atomic E-state index is -0.623. The second-order valence-electron chi connectivity index (χ2n) is 5.20. The van der Waals surface area contributed by atoms with E-state index < -0.39 is 5.54 Å². The number of rotatable bonds is 1. The van der Waals surface area contributed by atoms with Gasteiger partial charge in [-0.15, -0.1) is 0 Å². The van der Waals surface area contributed by atoms with Gasteiger partial charge in [0.2, 0.25) is 0 Å². The number of nitrogens with one attached hydrogen (secondary N) is 1. The highest BCUT2D eigenvalue weighted by Crippen LogP contribution is 2.36. The molecule has 1 saturated heterocycles. The van der Waals surface area contributed by atoms with Crippen LogP contribution in [-0.2, 0) is 4.79 Å². The van der Waals surface area contributed by atoms with Gasteiger partial charge in [0, 0.05) is 0 Å². The van der Waals surface area contributed by atoms with E-state index in [-0.39, 0.29) is 11.9 Å². The molecule has 3 rings (SSSR count). The molecular weight excluding hydrogens is 228 g/mol. The number of aryl methyl sites for hydroxylation is 1. The van der Waals surface area contributed by atoms with E-state index in [2.05, 4.69) is 5.32 Å². The molecule has 0 radical (unpaired) electrons. The molecule has 4 heteroatoms. The number of benzene rings is 1. The number of carbonyl (C=O) groups excluding carboxylic acids is 2. The number of amides is 3. The lowest BCUT2D eigenvalue weighted by molar-refractivity contribution is -0.121. The van der Waals surface area contributed by atoms with Crippen LogP contribution in [0.3, 0.4) is 0 Å². The Morgan fingerprint density at radius 1 is 1.11 bits per heavy atom. The predicted octanol–water partition coefficient (Wildman–Crippen LogP) is 2.36. The third kappa shape index (κ3) is 1.52. The molecule has 1 aromatic carbocycles. The van der Waals surface area contributed by atoms with Crippen LogP contribution in [-0.4, -0.2) is 17.5 Å². The monoisotopic (exact) mass is 244 g/mol. The summed E-state index contributed by atoms with van der Waals surface area (Å²) in [5.41, 5.74) is 1.15. The zero-order valence-corrected chi connectivity index (χ0v) is 10.4. The lowest BCUT2D eigenvalue weighted by atomic mass is 9.98. The molecule has 3 amide bonds. The highest BCUT2D eigenvalue weighted by Gasteiger charge is 2.52. The lowest BCUT2D eigenvalue weighted by Crippen LogP contribution is -2.44. The topological polar surface area (TPSA) is 49.4 Å². The minimum Gasteiger partial charge on any atom is -0.323 e. The predicted molar refractivity (Wildman–Crippen MR) is 68.4 cm³/mol. The number of nitrogens with zero attached hydrogens (tertiary/aromatic N) is 1. The van der Waals surface area contributed by atoms with Gasteiger partial charge in [0.25, 0.3) is 5.91 Å². The largest absolute Gasteiger partial charge is 0.329 e. The quantitative estimate of drug-likeness (QED) is 0.771. The third-order valence-electron chi connectivity index (χ3n) is 3.91. The van der Waals surface area contributed by atoms with Crippen LogP contribution >= 0.6 is 0 Å². The molecule has 94 valence electrons. The molecule has 1 heterocycles. The summed E-state index contributed by atoms with van der Waals surface area (Å²) in [6.45, 7) is 1.98. The molecule has 0 bridgehead atoms. The van der Waals surface area contributed by atoms with Crippen LogP contribution in [0.15, 0.2) is 24.3 Å². The summed E-state index contributed by atoms with van der Waals surface area (Å²) in [7, 11) is 0. The Kier molecular flexibility index (Phi) is 2.40. The highest BCUT2D eigenvalue weighted by atomic mass is 16.2. The van der Waals surface area contributed by atoms with Crippen molar-refractivity contribution in [3.05, 3.63) is 29.8 Å². The van der Waals surface area contributed by atoms with Crippen LogP contribution in [0.25, 0.3) is 0 Å². The van der Waals surface area contributed by atoms with E-state index in [0.717, 1.165) is 31.2 Å². The van der Waals surface area contributed by atoms with Gasteiger partial charge < -0.3 is 5.32 Å². The molecule has 1 aliphatic heterocycles. The maximum atomic E-state index is 12.5. The average molecular weight is 244 g/mol. The fraction of sp³-hybridized carbons (Fsp3) is 0.429. The number of anilines is 1. The molecule has 1 N–H and O–H groups in total. The van der Waals surface area contributed by atoms with Crippen LogP contribution in [0.2, 0.25) is 0 Å². The smallest absolute Gasteiger partial charge is 0.323 e. The summed E-state index contributed by atoms with van der Waals surface area (Å²) in [5, 5.41) is 2.88. The SMILES string of the molecule is Cc1ccc(N2C(=O)NC3(CCCC3)C2=O)cc1. The van der Waals surface area contributed by atoms with Crippen molar-refractivity contribution < 1.29 is 9.59 Å². The first-order valence-corrected chi connectivity index (χ1v) is 6.36.